The average molecular weight is 568 g/mol. The molecule has 2 unspecified atom stereocenters. The first-order chi connectivity index (χ1) is 18.1. The Labute approximate surface area is 234 Å². The minimum Gasteiger partial charge on any atom is -0.444 e. The Morgan fingerprint density at radius 1 is 1.05 bits per heavy atom. The smallest absolute Gasteiger partial charge is 0.444 e. The van der Waals surface area contributed by atoms with Crippen LogP contribution in [0.2, 0.25) is 0 Å². The number of amides is 2. The van der Waals surface area contributed by atoms with Gasteiger partial charge in [0.2, 0.25) is 5.60 Å². The molecule has 4 rings (SSSR count). The molecule has 0 saturated carbocycles. The van der Waals surface area contributed by atoms with Gasteiger partial charge in [-0.15, -0.1) is 0 Å². The molecule has 2 atom stereocenters. The molecule has 2 saturated heterocycles. The van der Waals surface area contributed by atoms with Gasteiger partial charge < -0.3 is 29.0 Å². The van der Waals surface area contributed by atoms with Gasteiger partial charge in [-0.25, -0.2) is 4.79 Å². The highest BCUT2D eigenvalue weighted by atomic mass is 19.4. The molecule has 1 aromatic rings. The summed E-state index contributed by atoms with van der Waals surface area (Å²) in [6.07, 6.45) is -3.99. The summed E-state index contributed by atoms with van der Waals surface area (Å²) < 4.78 is 58.7. The highest BCUT2D eigenvalue weighted by molar-refractivity contribution is 6.62. The van der Waals surface area contributed by atoms with E-state index in [1.807, 2.05) is 39.8 Å². The first kappa shape index (κ1) is 30.6. The fourth-order valence-corrected chi connectivity index (χ4v) is 5.37. The van der Waals surface area contributed by atoms with Gasteiger partial charge in [-0.3, -0.25) is 4.79 Å². The van der Waals surface area contributed by atoms with Crippen molar-refractivity contribution in [1.82, 2.24) is 9.80 Å². The number of ether oxygens (including phenoxy) is 1. The minimum absolute atomic E-state index is 0.00473. The molecule has 0 radical (unpaired) electrons. The third kappa shape index (κ3) is 5.59. The van der Waals surface area contributed by atoms with Crippen molar-refractivity contribution in [2.75, 3.05) is 13.1 Å². The van der Waals surface area contributed by atoms with Crippen molar-refractivity contribution in [2.24, 2.45) is 0 Å². The number of carbonyl (C=O) groups is 2. The van der Waals surface area contributed by atoms with E-state index < -0.39 is 53.7 Å². The molecule has 2 fully saturated rings. The van der Waals surface area contributed by atoms with Gasteiger partial charge in [-0.1, -0.05) is 12.1 Å². The number of benzene rings is 1. The molecule has 3 aliphatic rings. The number of nitrogens with zero attached hydrogens (tertiary/aromatic N) is 2. The number of alkyl halides is 3. The maximum atomic E-state index is 13.5. The summed E-state index contributed by atoms with van der Waals surface area (Å²) >= 11 is 0. The number of carbonyl (C=O) groups excluding carboxylic acids is 2. The maximum absolute atomic E-state index is 13.5. The third-order valence-electron chi connectivity index (χ3n) is 8.42. The molecule has 8 nitrogen and oxygen atoms in total. The van der Waals surface area contributed by atoms with Gasteiger partial charge in [0.15, 0.2) is 0 Å². The van der Waals surface area contributed by atoms with E-state index in [1.54, 1.807) is 25.7 Å². The van der Waals surface area contributed by atoms with Gasteiger partial charge in [0, 0.05) is 19.6 Å². The van der Waals surface area contributed by atoms with E-state index in [-0.39, 0.29) is 19.5 Å². The lowest BCUT2D eigenvalue weighted by molar-refractivity contribution is -0.250. The van der Waals surface area contributed by atoms with E-state index in [0.717, 1.165) is 21.5 Å². The van der Waals surface area contributed by atoms with E-state index in [0.29, 0.717) is 31.9 Å². The molecule has 0 bridgehead atoms. The Morgan fingerprint density at radius 2 is 1.65 bits per heavy atom. The molecule has 0 spiro atoms. The van der Waals surface area contributed by atoms with E-state index in [2.05, 4.69) is 0 Å². The first-order valence-electron chi connectivity index (χ1n) is 13.7. The molecule has 3 heterocycles. The second kappa shape index (κ2) is 9.91. The van der Waals surface area contributed by atoms with E-state index in [1.165, 1.54) is 0 Å². The van der Waals surface area contributed by atoms with Crippen LogP contribution in [0.3, 0.4) is 0 Å². The summed E-state index contributed by atoms with van der Waals surface area (Å²) in [7, 11) is -0.684. The summed E-state index contributed by atoms with van der Waals surface area (Å²) in [5.41, 5.74) is -2.43. The van der Waals surface area contributed by atoms with Crippen molar-refractivity contribution in [3.8, 4) is 0 Å². The molecule has 12 heteroatoms. The van der Waals surface area contributed by atoms with Crippen molar-refractivity contribution in [3.63, 3.8) is 0 Å². The molecule has 2 amide bonds. The molecule has 3 aliphatic heterocycles. The summed E-state index contributed by atoms with van der Waals surface area (Å²) in [6.45, 7) is 14.0. The minimum atomic E-state index is -5.12. The Morgan fingerprint density at radius 3 is 2.20 bits per heavy atom. The van der Waals surface area contributed by atoms with Crippen LogP contribution in [0.15, 0.2) is 12.1 Å². The standard InChI is InChI=1S/C28H40BF3N2O6/c1-24(2,3)38-23(36)34-12-9-10-21(34)19-15-18(29-39-25(4,5)26(6,7)40-29)14-17-11-13-33(16-20(17)19)22(35)27(8,37)28(30,31)32/h14-15,21,37H,9-13,16H2,1-8H3. The van der Waals surface area contributed by atoms with Gasteiger partial charge in [0.25, 0.3) is 5.91 Å². The van der Waals surface area contributed by atoms with Crippen LogP contribution in [-0.2, 0) is 31.8 Å². The van der Waals surface area contributed by atoms with Crippen LogP contribution >= 0.6 is 0 Å². The number of hydrogen-bond acceptors (Lipinski definition) is 6. The van der Waals surface area contributed by atoms with Crippen molar-refractivity contribution in [3.05, 3.63) is 28.8 Å². The summed E-state index contributed by atoms with van der Waals surface area (Å²) in [4.78, 5) is 28.7. The molecule has 40 heavy (non-hydrogen) atoms. The SMILES string of the molecule is CC(C)(C)OC(=O)N1CCCC1c1cc(B2OC(C)(C)C(C)(C)O2)cc2c1CN(C(=O)C(C)(O)C(F)(F)F)CC2. The number of rotatable bonds is 3. The highest BCUT2D eigenvalue weighted by Crippen LogP contribution is 2.41. The Kier molecular flexibility index (Phi) is 7.59. The van der Waals surface area contributed by atoms with E-state index in [4.69, 9.17) is 14.0 Å². The number of likely N-dealkylation sites (tertiary alicyclic amines) is 1. The lowest BCUT2D eigenvalue weighted by Crippen LogP contribution is -2.57. The normalized spacial score (nSPS) is 24.1. The Balaban J connectivity index is 1.76. The largest absolute Gasteiger partial charge is 0.494 e. The number of hydrogen-bond donors (Lipinski definition) is 1. The van der Waals surface area contributed by atoms with Crippen LogP contribution in [0, 0.1) is 0 Å². The van der Waals surface area contributed by atoms with Gasteiger partial charge in [0.05, 0.1) is 17.2 Å². The van der Waals surface area contributed by atoms with Gasteiger partial charge in [-0.05, 0) is 96.8 Å². The highest BCUT2D eigenvalue weighted by Gasteiger charge is 2.57. The molecular weight excluding hydrogens is 528 g/mol. The molecule has 0 aromatic heterocycles. The first-order valence-corrected chi connectivity index (χ1v) is 13.7. The maximum Gasteiger partial charge on any atom is 0.494 e. The Bertz CT molecular complexity index is 1160. The van der Waals surface area contributed by atoms with Crippen LogP contribution in [0.5, 0.6) is 0 Å². The third-order valence-corrected chi connectivity index (χ3v) is 8.42. The molecule has 1 aromatic carbocycles. The summed E-state index contributed by atoms with van der Waals surface area (Å²) in [5.74, 6) is -1.40. The van der Waals surface area contributed by atoms with Crippen LogP contribution in [-0.4, -0.2) is 75.7 Å². The second-order valence-corrected chi connectivity index (χ2v) is 13.2. The fourth-order valence-electron chi connectivity index (χ4n) is 5.37. The predicted octanol–water partition coefficient (Wildman–Crippen LogP) is 4.26. The van der Waals surface area contributed by atoms with E-state index >= 15 is 0 Å². The molecule has 0 aliphatic carbocycles. The molecular formula is C28H40BF3N2O6. The predicted molar refractivity (Wildman–Crippen MR) is 143 cm³/mol. The lowest BCUT2D eigenvalue weighted by Gasteiger charge is -2.37. The van der Waals surface area contributed by atoms with E-state index in [9.17, 15) is 27.9 Å². The number of halogens is 3. The van der Waals surface area contributed by atoms with Crippen LogP contribution in [0.4, 0.5) is 18.0 Å². The van der Waals surface area contributed by atoms with Crippen LogP contribution in [0.1, 0.15) is 91.0 Å². The summed E-state index contributed by atoms with van der Waals surface area (Å²) in [6, 6.07) is 3.38. The molecule has 1 N–H and O–H groups in total. The second-order valence-electron chi connectivity index (χ2n) is 13.2. The van der Waals surface area contributed by atoms with Gasteiger partial charge >= 0.3 is 19.4 Å². The van der Waals surface area contributed by atoms with Crippen molar-refractivity contribution in [1.29, 1.82) is 0 Å². The summed E-state index contributed by atoms with van der Waals surface area (Å²) in [5, 5.41) is 10.1. The van der Waals surface area contributed by atoms with Crippen molar-refractivity contribution < 1.29 is 41.9 Å². The van der Waals surface area contributed by atoms with Gasteiger partial charge in [-0.2, -0.15) is 13.2 Å². The Hall–Kier alpha value is -2.31. The zero-order chi connectivity index (χ0) is 30.1. The molecule has 222 valence electrons. The van der Waals surface area contributed by atoms with Crippen LogP contribution in [0.25, 0.3) is 0 Å². The fraction of sp³-hybridized carbons (Fsp3) is 0.714. The van der Waals surface area contributed by atoms with Crippen molar-refractivity contribution in [2.45, 2.75) is 116 Å². The average Bonchev–Trinajstić information content (AvgIpc) is 3.37. The number of fused-ring (bicyclic) bond motifs is 1. The number of aliphatic hydroxyl groups is 1. The van der Waals surface area contributed by atoms with Crippen LogP contribution < -0.4 is 5.46 Å². The zero-order valence-electron chi connectivity index (χ0n) is 24.6. The van der Waals surface area contributed by atoms with Crippen molar-refractivity contribution >= 4 is 24.6 Å². The van der Waals surface area contributed by atoms with Gasteiger partial charge in [0.1, 0.15) is 5.60 Å². The monoisotopic (exact) mass is 568 g/mol. The lowest BCUT2D eigenvalue weighted by atomic mass is 9.74. The topological polar surface area (TPSA) is 88.5 Å². The zero-order valence-corrected chi connectivity index (χ0v) is 24.6. The quantitative estimate of drug-likeness (QED) is 0.549.